The summed E-state index contributed by atoms with van der Waals surface area (Å²) in [5.74, 6) is -2.71. The molecule has 146 valence electrons. The Hall–Kier alpha value is -2.44. The third-order valence-electron chi connectivity index (χ3n) is 5.20. The monoisotopic (exact) mass is 376 g/mol. The molecule has 0 bridgehead atoms. The van der Waals surface area contributed by atoms with Crippen molar-refractivity contribution >= 4 is 23.5 Å². The van der Waals surface area contributed by atoms with Crippen LogP contribution in [-0.4, -0.2) is 29.9 Å². The van der Waals surface area contributed by atoms with E-state index in [-0.39, 0.29) is 30.0 Å². The van der Waals surface area contributed by atoms with Crippen LogP contribution in [0.4, 0.5) is 10.1 Å². The maximum atomic E-state index is 13.4. The maximum Gasteiger partial charge on any atom is 0.314 e. The van der Waals surface area contributed by atoms with Crippen molar-refractivity contribution in [3.8, 4) is 0 Å². The lowest BCUT2D eigenvalue weighted by molar-refractivity contribution is -0.157. The number of carbonyl (C=O) groups is 3. The van der Waals surface area contributed by atoms with E-state index >= 15 is 0 Å². The van der Waals surface area contributed by atoms with Crippen molar-refractivity contribution in [3.05, 3.63) is 29.6 Å². The lowest BCUT2D eigenvalue weighted by Crippen LogP contribution is -2.42. The molecule has 6 nitrogen and oxygen atoms in total. The zero-order valence-corrected chi connectivity index (χ0v) is 15.4. The van der Waals surface area contributed by atoms with Crippen LogP contribution in [0, 0.1) is 5.82 Å². The molecule has 0 saturated heterocycles. The lowest BCUT2D eigenvalue weighted by atomic mass is 9.90. The van der Waals surface area contributed by atoms with Crippen molar-refractivity contribution in [3.63, 3.8) is 0 Å². The quantitative estimate of drug-likeness (QED) is 0.625. The number of ether oxygens (including phenoxy) is 1. The van der Waals surface area contributed by atoms with Crippen LogP contribution in [0.15, 0.2) is 18.2 Å². The highest BCUT2D eigenvalue weighted by Gasteiger charge is 2.34. The molecule has 27 heavy (non-hydrogen) atoms. The Morgan fingerprint density at radius 1 is 1.22 bits per heavy atom. The highest BCUT2D eigenvalue weighted by molar-refractivity contribution is 6.00. The molecule has 0 unspecified atom stereocenters. The third kappa shape index (κ3) is 4.84. The minimum absolute atomic E-state index is 0.0889. The summed E-state index contributed by atoms with van der Waals surface area (Å²) in [5.41, 5.74) is 0.765. The predicted molar refractivity (Wildman–Crippen MR) is 97.6 cm³/mol. The van der Waals surface area contributed by atoms with Crippen LogP contribution in [0.2, 0.25) is 0 Å². The minimum Gasteiger partial charge on any atom is -0.452 e. The van der Waals surface area contributed by atoms with E-state index in [1.165, 1.54) is 38.0 Å². The standard InChI is InChI=1S/C20H25FN2O4/c1-12(19(25)22-14-6-4-2-3-5-7-14)27-20(26)16-11-18(24)23-17-10-13(21)8-9-15(16)17/h8-10,12,14,16H,2-7,11H2,1H3,(H,22,25)(H,23,24)/t12-,16-/m1/s1. The SMILES string of the molecule is C[C@@H](OC(=O)[C@@H]1CC(=O)Nc2cc(F)ccc21)C(=O)NC1CCCCCC1. The molecular weight excluding hydrogens is 351 g/mol. The van der Waals surface area contributed by atoms with Crippen LogP contribution in [0.25, 0.3) is 0 Å². The van der Waals surface area contributed by atoms with Crippen molar-refractivity contribution in [2.24, 2.45) is 0 Å². The molecule has 0 aromatic heterocycles. The molecule has 1 saturated carbocycles. The van der Waals surface area contributed by atoms with Crippen LogP contribution in [-0.2, 0) is 19.1 Å². The first-order chi connectivity index (χ1) is 12.9. The Bertz CT molecular complexity index is 729. The first kappa shape index (κ1) is 19.3. The normalized spacial score (nSPS) is 21.4. The third-order valence-corrected chi connectivity index (χ3v) is 5.20. The number of amides is 2. The van der Waals surface area contributed by atoms with E-state index in [0.717, 1.165) is 25.7 Å². The van der Waals surface area contributed by atoms with E-state index in [0.29, 0.717) is 5.56 Å². The smallest absolute Gasteiger partial charge is 0.314 e. The van der Waals surface area contributed by atoms with E-state index in [2.05, 4.69) is 10.6 Å². The highest BCUT2D eigenvalue weighted by Crippen LogP contribution is 2.33. The van der Waals surface area contributed by atoms with Crippen molar-refractivity contribution in [1.82, 2.24) is 5.32 Å². The molecule has 7 heteroatoms. The van der Waals surface area contributed by atoms with E-state index in [1.807, 2.05) is 0 Å². The van der Waals surface area contributed by atoms with Gasteiger partial charge in [0.2, 0.25) is 5.91 Å². The topological polar surface area (TPSA) is 84.5 Å². The summed E-state index contributed by atoms with van der Waals surface area (Å²) in [6, 6.07) is 3.99. The molecule has 0 radical (unpaired) electrons. The molecule has 1 fully saturated rings. The van der Waals surface area contributed by atoms with Crippen LogP contribution in [0.1, 0.15) is 63.4 Å². The second kappa shape index (κ2) is 8.50. The van der Waals surface area contributed by atoms with E-state index < -0.39 is 23.8 Å². The molecule has 1 aliphatic carbocycles. The number of nitrogens with one attached hydrogen (secondary N) is 2. The van der Waals surface area contributed by atoms with Gasteiger partial charge in [-0.1, -0.05) is 31.7 Å². The van der Waals surface area contributed by atoms with Gasteiger partial charge in [-0.15, -0.1) is 0 Å². The predicted octanol–water partition coefficient (Wildman–Crippen LogP) is 3.02. The fourth-order valence-electron chi connectivity index (χ4n) is 3.70. The summed E-state index contributed by atoms with van der Waals surface area (Å²) < 4.78 is 18.7. The number of anilines is 1. The van der Waals surface area contributed by atoms with Gasteiger partial charge in [-0.3, -0.25) is 14.4 Å². The van der Waals surface area contributed by atoms with Gasteiger partial charge >= 0.3 is 5.97 Å². The number of halogens is 1. The Labute approximate surface area is 157 Å². The van der Waals surface area contributed by atoms with E-state index in [1.54, 1.807) is 0 Å². The molecule has 2 amide bonds. The van der Waals surface area contributed by atoms with Gasteiger partial charge < -0.3 is 15.4 Å². The molecule has 2 N–H and O–H groups in total. The van der Waals surface area contributed by atoms with Gasteiger partial charge in [0.1, 0.15) is 5.82 Å². The van der Waals surface area contributed by atoms with Gasteiger partial charge in [0, 0.05) is 18.2 Å². The van der Waals surface area contributed by atoms with Gasteiger partial charge in [-0.05, 0) is 37.5 Å². The fourth-order valence-corrected chi connectivity index (χ4v) is 3.70. The second-order valence-corrected chi connectivity index (χ2v) is 7.31. The maximum absolute atomic E-state index is 13.4. The number of carbonyl (C=O) groups excluding carboxylic acids is 3. The summed E-state index contributed by atoms with van der Waals surface area (Å²) in [7, 11) is 0. The van der Waals surface area contributed by atoms with Crippen molar-refractivity contribution in [2.75, 3.05) is 5.32 Å². The number of hydrogen-bond acceptors (Lipinski definition) is 4. The molecule has 0 spiro atoms. The highest BCUT2D eigenvalue weighted by atomic mass is 19.1. The van der Waals surface area contributed by atoms with E-state index in [4.69, 9.17) is 4.74 Å². The molecule has 3 rings (SSSR count). The number of hydrogen-bond donors (Lipinski definition) is 2. The van der Waals surface area contributed by atoms with Gasteiger partial charge in [-0.2, -0.15) is 0 Å². The van der Waals surface area contributed by atoms with Gasteiger partial charge in [0.15, 0.2) is 6.10 Å². The van der Waals surface area contributed by atoms with Crippen LogP contribution in [0.3, 0.4) is 0 Å². The number of rotatable bonds is 4. The Kier molecular flexibility index (Phi) is 6.08. The molecule has 1 heterocycles. The Morgan fingerprint density at radius 2 is 1.93 bits per heavy atom. The average molecular weight is 376 g/mol. The number of benzene rings is 1. The van der Waals surface area contributed by atoms with Gasteiger partial charge in [0.25, 0.3) is 5.91 Å². The van der Waals surface area contributed by atoms with E-state index in [9.17, 15) is 18.8 Å². The summed E-state index contributed by atoms with van der Waals surface area (Å²) in [6.45, 7) is 1.53. The second-order valence-electron chi connectivity index (χ2n) is 7.31. The largest absolute Gasteiger partial charge is 0.452 e. The molecule has 1 aromatic carbocycles. The lowest BCUT2D eigenvalue weighted by Gasteiger charge is -2.26. The number of fused-ring (bicyclic) bond motifs is 1. The first-order valence-corrected chi connectivity index (χ1v) is 9.54. The summed E-state index contributed by atoms with van der Waals surface area (Å²) in [4.78, 5) is 36.8. The molecule has 1 aromatic rings. The minimum atomic E-state index is -0.949. The van der Waals surface area contributed by atoms with Crippen molar-refractivity contribution in [1.29, 1.82) is 0 Å². The van der Waals surface area contributed by atoms with Crippen molar-refractivity contribution in [2.45, 2.75) is 69.9 Å². The summed E-state index contributed by atoms with van der Waals surface area (Å²) in [6.07, 6.45) is 5.38. The zero-order chi connectivity index (χ0) is 19.4. The zero-order valence-electron chi connectivity index (χ0n) is 15.4. The Morgan fingerprint density at radius 3 is 2.63 bits per heavy atom. The van der Waals surface area contributed by atoms with Gasteiger partial charge in [0.05, 0.1) is 5.92 Å². The van der Waals surface area contributed by atoms with Gasteiger partial charge in [-0.25, -0.2) is 4.39 Å². The fraction of sp³-hybridized carbons (Fsp3) is 0.550. The molecule has 1 aliphatic heterocycles. The van der Waals surface area contributed by atoms with Crippen LogP contribution < -0.4 is 10.6 Å². The summed E-state index contributed by atoms with van der Waals surface area (Å²) >= 11 is 0. The molecule has 2 aliphatic rings. The van der Waals surface area contributed by atoms with Crippen LogP contribution in [0.5, 0.6) is 0 Å². The first-order valence-electron chi connectivity index (χ1n) is 9.54. The number of esters is 1. The Balaban J connectivity index is 1.62. The molecule has 2 atom stereocenters. The van der Waals surface area contributed by atoms with Crippen molar-refractivity contribution < 1.29 is 23.5 Å². The molecular formula is C20H25FN2O4. The van der Waals surface area contributed by atoms with Crippen LogP contribution >= 0.6 is 0 Å². The average Bonchev–Trinajstić information content (AvgIpc) is 2.89. The summed E-state index contributed by atoms with van der Waals surface area (Å²) in [5, 5.41) is 5.51.